The molecule has 4 rings (SSSR count). The zero-order chi connectivity index (χ0) is 22.9. The standard InChI is InChI=1S/C27H45F3O/c1-23(2,27(28,29)30)13-6-7-18-9-11-21-20-10-8-19-17-24(3,31)15-16-26(19,5)22(20)12-14-25(18,21)4/h18-22,31H,6-17H2,1-5H3. The van der Waals surface area contributed by atoms with Crippen LogP contribution in [0.5, 0.6) is 0 Å². The van der Waals surface area contributed by atoms with Crippen LogP contribution in [0.2, 0.25) is 0 Å². The Balaban J connectivity index is 1.42. The lowest BCUT2D eigenvalue weighted by Gasteiger charge is -2.62. The molecule has 0 aromatic rings. The van der Waals surface area contributed by atoms with E-state index >= 15 is 0 Å². The van der Waals surface area contributed by atoms with E-state index in [-0.39, 0.29) is 6.42 Å². The maximum Gasteiger partial charge on any atom is 0.393 e. The van der Waals surface area contributed by atoms with Crippen LogP contribution in [0.4, 0.5) is 13.2 Å². The second kappa shape index (κ2) is 7.64. The first kappa shape index (κ1) is 23.9. The Labute approximate surface area is 187 Å². The van der Waals surface area contributed by atoms with Gasteiger partial charge >= 0.3 is 6.18 Å². The highest BCUT2D eigenvalue weighted by Gasteiger charge is 2.60. The number of alkyl halides is 3. The molecule has 0 radical (unpaired) electrons. The SMILES string of the molecule is CC1(O)CCC2(C)C(CCC3C4CCC(CCCC(C)(C)C(F)(F)F)C4(C)CCC32)C1. The Morgan fingerprint density at radius 2 is 1.52 bits per heavy atom. The molecule has 1 nitrogen and oxygen atoms in total. The molecule has 1 N–H and O–H groups in total. The van der Waals surface area contributed by atoms with Gasteiger partial charge in [-0.1, -0.05) is 34.1 Å². The van der Waals surface area contributed by atoms with Gasteiger partial charge < -0.3 is 5.11 Å². The highest BCUT2D eigenvalue weighted by Crippen LogP contribution is 2.68. The fraction of sp³-hybridized carbons (Fsp3) is 1.00. The van der Waals surface area contributed by atoms with Crippen molar-refractivity contribution in [2.75, 3.05) is 0 Å². The highest BCUT2D eigenvalue weighted by molar-refractivity contribution is 5.10. The van der Waals surface area contributed by atoms with Crippen LogP contribution >= 0.6 is 0 Å². The molecule has 0 saturated heterocycles. The van der Waals surface area contributed by atoms with Crippen LogP contribution in [0, 0.1) is 45.8 Å². The van der Waals surface area contributed by atoms with Crippen LogP contribution in [0.3, 0.4) is 0 Å². The average molecular weight is 443 g/mol. The second-order valence-electron chi connectivity index (χ2n) is 13.5. The van der Waals surface area contributed by atoms with Crippen molar-refractivity contribution >= 4 is 0 Å². The quantitative estimate of drug-likeness (QED) is 0.466. The number of fused-ring (bicyclic) bond motifs is 5. The van der Waals surface area contributed by atoms with Crippen molar-refractivity contribution in [3.05, 3.63) is 0 Å². The predicted molar refractivity (Wildman–Crippen MR) is 120 cm³/mol. The summed E-state index contributed by atoms with van der Waals surface area (Å²) in [5, 5.41) is 10.7. The van der Waals surface area contributed by atoms with Gasteiger partial charge in [-0.25, -0.2) is 0 Å². The van der Waals surface area contributed by atoms with Gasteiger partial charge in [-0.15, -0.1) is 0 Å². The number of halogens is 3. The van der Waals surface area contributed by atoms with Crippen molar-refractivity contribution in [2.45, 2.75) is 123 Å². The van der Waals surface area contributed by atoms with Gasteiger partial charge in [0.1, 0.15) is 0 Å². The molecule has 4 aliphatic carbocycles. The van der Waals surface area contributed by atoms with E-state index in [1.54, 1.807) is 0 Å². The van der Waals surface area contributed by atoms with Gasteiger partial charge in [-0.3, -0.25) is 0 Å². The van der Waals surface area contributed by atoms with E-state index in [0.717, 1.165) is 43.4 Å². The molecule has 0 heterocycles. The van der Waals surface area contributed by atoms with Crippen LogP contribution in [-0.4, -0.2) is 16.9 Å². The summed E-state index contributed by atoms with van der Waals surface area (Å²) in [7, 11) is 0. The van der Waals surface area contributed by atoms with Crippen molar-refractivity contribution < 1.29 is 18.3 Å². The van der Waals surface area contributed by atoms with E-state index in [4.69, 9.17) is 0 Å². The molecule has 0 aromatic heterocycles. The number of rotatable bonds is 4. The van der Waals surface area contributed by atoms with Crippen molar-refractivity contribution in [1.29, 1.82) is 0 Å². The lowest BCUT2D eigenvalue weighted by molar-refractivity contribution is -0.214. The maximum atomic E-state index is 13.3. The molecule has 0 bridgehead atoms. The Hall–Kier alpha value is -0.250. The summed E-state index contributed by atoms with van der Waals surface area (Å²) in [4.78, 5) is 0. The van der Waals surface area contributed by atoms with Gasteiger partial charge in [0, 0.05) is 0 Å². The van der Waals surface area contributed by atoms with Gasteiger partial charge in [-0.2, -0.15) is 13.2 Å². The molecule has 0 amide bonds. The van der Waals surface area contributed by atoms with Gasteiger partial charge in [0.25, 0.3) is 0 Å². The maximum absolute atomic E-state index is 13.3. The van der Waals surface area contributed by atoms with Crippen LogP contribution in [-0.2, 0) is 0 Å². The lowest BCUT2D eigenvalue weighted by atomic mass is 9.44. The Kier molecular flexibility index (Phi) is 5.88. The van der Waals surface area contributed by atoms with E-state index in [1.165, 1.54) is 52.4 Å². The summed E-state index contributed by atoms with van der Waals surface area (Å²) in [6, 6.07) is 0. The van der Waals surface area contributed by atoms with Gasteiger partial charge in [0.05, 0.1) is 11.0 Å². The molecule has 4 saturated carbocycles. The minimum Gasteiger partial charge on any atom is -0.390 e. The Morgan fingerprint density at radius 1 is 0.839 bits per heavy atom. The molecule has 4 fully saturated rings. The molecule has 8 unspecified atom stereocenters. The summed E-state index contributed by atoms with van der Waals surface area (Å²) in [6.45, 7) is 9.76. The van der Waals surface area contributed by atoms with Crippen LogP contribution in [0.15, 0.2) is 0 Å². The minimum atomic E-state index is -4.11. The van der Waals surface area contributed by atoms with Crippen LogP contribution < -0.4 is 0 Å². The van der Waals surface area contributed by atoms with Crippen molar-refractivity contribution in [1.82, 2.24) is 0 Å². The van der Waals surface area contributed by atoms with E-state index in [9.17, 15) is 18.3 Å². The fourth-order valence-electron chi connectivity index (χ4n) is 8.95. The zero-order valence-electron chi connectivity index (χ0n) is 20.5. The molecule has 0 aliphatic heterocycles. The summed E-state index contributed by atoms with van der Waals surface area (Å²) in [5.74, 6) is 3.58. The Morgan fingerprint density at radius 3 is 2.19 bits per heavy atom. The van der Waals surface area contributed by atoms with E-state index in [0.29, 0.717) is 29.1 Å². The topological polar surface area (TPSA) is 20.2 Å². The highest BCUT2D eigenvalue weighted by atomic mass is 19.4. The molecular weight excluding hydrogens is 397 g/mol. The summed E-state index contributed by atoms with van der Waals surface area (Å²) >= 11 is 0. The van der Waals surface area contributed by atoms with Gasteiger partial charge in [0.15, 0.2) is 0 Å². The van der Waals surface area contributed by atoms with Crippen molar-refractivity contribution in [3.63, 3.8) is 0 Å². The number of hydrogen-bond acceptors (Lipinski definition) is 1. The van der Waals surface area contributed by atoms with Gasteiger partial charge in [0.2, 0.25) is 0 Å². The molecule has 31 heavy (non-hydrogen) atoms. The normalized spacial score (nSPS) is 48.1. The third-order valence-electron chi connectivity index (χ3n) is 11.3. The number of hydrogen-bond donors (Lipinski definition) is 1. The van der Waals surface area contributed by atoms with Crippen molar-refractivity contribution in [2.24, 2.45) is 45.8 Å². The molecular formula is C27H45F3O. The average Bonchev–Trinajstić information content (AvgIpc) is 2.98. The van der Waals surface area contributed by atoms with E-state index in [1.807, 2.05) is 6.92 Å². The predicted octanol–water partition coefficient (Wildman–Crippen LogP) is 8.16. The molecule has 8 atom stereocenters. The first-order valence-corrected chi connectivity index (χ1v) is 13.0. The summed E-state index contributed by atoms with van der Waals surface area (Å²) in [5.41, 5.74) is -1.35. The smallest absolute Gasteiger partial charge is 0.390 e. The molecule has 0 spiro atoms. The van der Waals surface area contributed by atoms with Crippen LogP contribution in [0.1, 0.15) is 112 Å². The van der Waals surface area contributed by atoms with E-state index < -0.39 is 17.2 Å². The molecule has 4 aliphatic rings. The molecule has 4 heteroatoms. The Bertz CT molecular complexity index is 668. The second-order valence-corrected chi connectivity index (χ2v) is 13.5. The minimum absolute atomic E-state index is 0.249. The molecule has 0 aromatic carbocycles. The first-order chi connectivity index (χ1) is 14.2. The number of aliphatic hydroxyl groups is 1. The lowest BCUT2D eigenvalue weighted by Crippen LogP contribution is -2.55. The third kappa shape index (κ3) is 3.99. The van der Waals surface area contributed by atoms with E-state index in [2.05, 4.69) is 13.8 Å². The fourth-order valence-corrected chi connectivity index (χ4v) is 8.95. The van der Waals surface area contributed by atoms with Gasteiger partial charge in [-0.05, 0) is 118 Å². The monoisotopic (exact) mass is 442 g/mol. The van der Waals surface area contributed by atoms with Crippen LogP contribution in [0.25, 0.3) is 0 Å². The third-order valence-corrected chi connectivity index (χ3v) is 11.3. The van der Waals surface area contributed by atoms with Crippen molar-refractivity contribution in [3.8, 4) is 0 Å². The summed E-state index contributed by atoms with van der Waals surface area (Å²) < 4.78 is 39.8. The molecule has 180 valence electrons. The largest absolute Gasteiger partial charge is 0.393 e. The first-order valence-electron chi connectivity index (χ1n) is 13.0. The zero-order valence-corrected chi connectivity index (χ0v) is 20.5. The summed E-state index contributed by atoms with van der Waals surface area (Å²) in [6.07, 6.45) is 8.46.